The Morgan fingerprint density at radius 2 is 1.70 bits per heavy atom. The third kappa shape index (κ3) is 6.99. The van der Waals surface area contributed by atoms with E-state index >= 15 is 0 Å². The number of rotatable bonds is 7. The molecule has 0 amide bonds. The summed E-state index contributed by atoms with van der Waals surface area (Å²) in [6.07, 6.45) is -4.57. The summed E-state index contributed by atoms with van der Waals surface area (Å²) >= 11 is 4.70. The van der Waals surface area contributed by atoms with E-state index in [-0.39, 0.29) is 17.6 Å². The van der Waals surface area contributed by atoms with Gasteiger partial charge in [0, 0.05) is 30.4 Å². The Kier molecular flexibility index (Phi) is 6.61. The SMILES string of the molecule is FC(F)(F)COc1nc(Nc2ccc(OC(F)(F)Cl)cc2)nc(N2CCOCC2)n1. The smallest absolute Gasteiger partial charge is 0.454 e. The number of alkyl halides is 6. The summed E-state index contributed by atoms with van der Waals surface area (Å²) < 4.78 is 76.9. The molecule has 0 atom stereocenters. The van der Waals surface area contributed by atoms with Gasteiger partial charge < -0.3 is 24.4 Å². The molecule has 1 aliphatic heterocycles. The highest BCUT2D eigenvalue weighted by Crippen LogP contribution is 2.27. The molecule has 3 rings (SSSR count). The number of morpholine rings is 1. The van der Waals surface area contributed by atoms with Crippen molar-refractivity contribution in [3.63, 3.8) is 0 Å². The topological polar surface area (TPSA) is 81.6 Å². The monoisotopic (exact) mass is 455 g/mol. The molecular weight excluding hydrogens is 441 g/mol. The Morgan fingerprint density at radius 1 is 1.03 bits per heavy atom. The summed E-state index contributed by atoms with van der Waals surface area (Å²) in [4.78, 5) is 13.6. The quantitative estimate of drug-likeness (QED) is 0.501. The van der Waals surface area contributed by atoms with E-state index in [0.717, 1.165) is 0 Å². The van der Waals surface area contributed by atoms with Crippen LogP contribution in [0.15, 0.2) is 24.3 Å². The predicted octanol–water partition coefficient (Wildman–Crippen LogP) is 3.56. The third-order valence-corrected chi connectivity index (χ3v) is 3.68. The van der Waals surface area contributed by atoms with Crippen molar-refractivity contribution < 1.29 is 36.2 Å². The molecule has 0 spiro atoms. The first-order chi connectivity index (χ1) is 14.1. The average molecular weight is 456 g/mol. The van der Waals surface area contributed by atoms with Crippen molar-refractivity contribution in [2.45, 2.75) is 11.7 Å². The zero-order valence-electron chi connectivity index (χ0n) is 15.1. The normalized spacial score (nSPS) is 15.1. The fraction of sp³-hybridized carbons (Fsp3) is 0.438. The van der Waals surface area contributed by atoms with Crippen LogP contribution < -0.4 is 19.7 Å². The van der Waals surface area contributed by atoms with E-state index in [4.69, 9.17) is 16.3 Å². The number of aromatic nitrogens is 3. The maximum atomic E-state index is 12.7. The van der Waals surface area contributed by atoms with Crippen LogP contribution >= 0.6 is 11.6 Å². The van der Waals surface area contributed by atoms with Crippen LogP contribution in [-0.4, -0.2) is 59.6 Å². The van der Waals surface area contributed by atoms with Crippen molar-refractivity contribution in [3.8, 4) is 11.8 Å². The van der Waals surface area contributed by atoms with E-state index in [2.05, 4.69) is 29.7 Å². The van der Waals surface area contributed by atoms with Crippen LogP contribution in [-0.2, 0) is 4.74 Å². The fourth-order valence-corrected chi connectivity index (χ4v) is 2.48. The van der Waals surface area contributed by atoms with Gasteiger partial charge in [-0.3, -0.25) is 0 Å². The summed E-state index contributed by atoms with van der Waals surface area (Å²) in [5.41, 5.74) is -3.51. The van der Waals surface area contributed by atoms with Gasteiger partial charge in [0.1, 0.15) is 5.75 Å². The van der Waals surface area contributed by atoms with Gasteiger partial charge in [-0.2, -0.15) is 28.1 Å². The zero-order chi connectivity index (χ0) is 21.8. The molecule has 30 heavy (non-hydrogen) atoms. The van der Waals surface area contributed by atoms with E-state index in [1.807, 2.05) is 0 Å². The molecule has 2 heterocycles. The maximum absolute atomic E-state index is 12.7. The Morgan fingerprint density at radius 3 is 2.30 bits per heavy atom. The number of benzene rings is 1. The molecule has 0 radical (unpaired) electrons. The van der Waals surface area contributed by atoms with Crippen molar-refractivity contribution in [3.05, 3.63) is 24.3 Å². The van der Waals surface area contributed by atoms with E-state index in [1.54, 1.807) is 4.90 Å². The van der Waals surface area contributed by atoms with Crippen LogP contribution in [0.4, 0.5) is 39.5 Å². The second kappa shape index (κ2) is 9.00. The Hall–Kier alpha value is -2.67. The van der Waals surface area contributed by atoms with Gasteiger partial charge in [0.05, 0.1) is 13.2 Å². The molecule has 0 saturated carbocycles. The second-order valence-electron chi connectivity index (χ2n) is 5.94. The lowest BCUT2D eigenvalue weighted by atomic mass is 10.3. The molecule has 1 aromatic heterocycles. The van der Waals surface area contributed by atoms with E-state index < -0.39 is 24.4 Å². The standard InChI is InChI=1S/C16H15ClF5N5O3/c17-16(21,22)30-11-3-1-10(2-4-11)23-12-24-13(27-5-7-28-8-6-27)26-14(25-12)29-9-15(18,19)20/h1-4H,5-9H2,(H,23,24,25,26). The Balaban J connectivity index is 1.79. The molecule has 1 aliphatic rings. The molecule has 14 heteroatoms. The van der Waals surface area contributed by atoms with Gasteiger partial charge in [0.2, 0.25) is 11.9 Å². The minimum atomic E-state index is -4.57. The molecule has 0 aliphatic carbocycles. The van der Waals surface area contributed by atoms with E-state index in [1.165, 1.54) is 24.3 Å². The van der Waals surface area contributed by atoms with Gasteiger partial charge in [-0.25, -0.2) is 0 Å². The summed E-state index contributed by atoms with van der Waals surface area (Å²) in [6.45, 7) is 0.0963. The predicted molar refractivity (Wildman–Crippen MR) is 95.6 cm³/mol. The van der Waals surface area contributed by atoms with Crippen LogP contribution in [0, 0.1) is 0 Å². The second-order valence-corrected chi connectivity index (χ2v) is 6.38. The fourth-order valence-electron chi connectivity index (χ4n) is 2.39. The molecule has 8 nitrogen and oxygen atoms in total. The van der Waals surface area contributed by atoms with Gasteiger partial charge >= 0.3 is 17.8 Å². The molecular formula is C16H15ClF5N5O3. The summed E-state index contributed by atoms with van der Waals surface area (Å²) in [6, 6.07) is 4.64. The molecule has 1 N–H and O–H groups in total. The lowest BCUT2D eigenvalue weighted by Crippen LogP contribution is -2.37. The van der Waals surface area contributed by atoms with Crippen molar-refractivity contribution in [2.75, 3.05) is 43.1 Å². The first kappa shape index (κ1) is 22.0. The van der Waals surface area contributed by atoms with Gasteiger partial charge in [-0.1, -0.05) is 0 Å². The van der Waals surface area contributed by atoms with E-state index in [9.17, 15) is 22.0 Å². The van der Waals surface area contributed by atoms with Crippen LogP contribution in [0.25, 0.3) is 0 Å². The number of halogens is 6. The highest BCUT2D eigenvalue weighted by molar-refractivity contribution is 6.20. The molecule has 1 fully saturated rings. The zero-order valence-corrected chi connectivity index (χ0v) is 15.9. The molecule has 0 unspecified atom stereocenters. The minimum Gasteiger partial charge on any atom is -0.454 e. The van der Waals surface area contributed by atoms with Crippen molar-refractivity contribution in [1.82, 2.24) is 15.0 Å². The van der Waals surface area contributed by atoms with Crippen molar-refractivity contribution >= 4 is 29.2 Å². The van der Waals surface area contributed by atoms with E-state index in [0.29, 0.717) is 32.0 Å². The van der Waals surface area contributed by atoms with Crippen molar-refractivity contribution in [1.29, 1.82) is 0 Å². The summed E-state index contributed by atoms with van der Waals surface area (Å²) in [5, 5.41) is 2.75. The molecule has 1 aromatic carbocycles. The van der Waals surface area contributed by atoms with Crippen LogP contribution in [0.3, 0.4) is 0 Å². The minimum absolute atomic E-state index is 0.0972. The largest absolute Gasteiger partial charge is 0.487 e. The number of nitrogens with zero attached hydrogens (tertiary/aromatic N) is 4. The van der Waals surface area contributed by atoms with Crippen molar-refractivity contribution in [2.24, 2.45) is 0 Å². The van der Waals surface area contributed by atoms with Crippen LogP contribution in [0.5, 0.6) is 11.8 Å². The maximum Gasteiger partial charge on any atom is 0.487 e. The molecule has 1 saturated heterocycles. The Bertz CT molecular complexity index is 845. The van der Waals surface area contributed by atoms with Crippen LogP contribution in [0.1, 0.15) is 0 Å². The molecule has 0 bridgehead atoms. The third-order valence-electron chi connectivity index (χ3n) is 3.61. The Labute approximate surface area is 171 Å². The van der Waals surface area contributed by atoms with Gasteiger partial charge in [-0.15, -0.1) is 8.78 Å². The first-order valence-corrected chi connectivity index (χ1v) is 8.86. The number of ether oxygens (including phenoxy) is 3. The molecule has 2 aromatic rings. The van der Waals surface area contributed by atoms with Crippen LogP contribution in [0.2, 0.25) is 0 Å². The van der Waals surface area contributed by atoms with Gasteiger partial charge in [-0.05, 0) is 24.3 Å². The lowest BCUT2D eigenvalue weighted by molar-refractivity contribution is -0.154. The summed E-state index contributed by atoms with van der Waals surface area (Å²) in [5.74, 6) is -0.186. The number of hydrogen-bond donors (Lipinski definition) is 1. The highest BCUT2D eigenvalue weighted by Gasteiger charge is 2.30. The number of hydrogen-bond acceptors (Lipinski definition) is 8. The first-order valence-electron chi connectivity index (χ1n) is 8.48. The highest BCUT2D eigenvalue weighted by atomic mass is 35.5. The van der Waals surface area contributed by atoms with Gasteiger partial charge in [0.25, 0.3) is 0 Å². The number of nitrogens with one attached hydrogen (secondary N) is 1. The average Bonchev–Trinajstić information content (AvgIpc) is 2.67. The van der Waals surface area contributed by atoms with Gasteiger partial charge in [0.15, 0.2) is 6.61 Å². The summed E-state index contributed by atoms with van der Waals surface area (Å²) in [7, 11) is 0. The molecule has 164 valence electrons. The lowest BCUT2D eigenvalue weighted by Gasteiger charge is -2.27. The number of anilines is 3.